The second-order valence-corrected chi connectivity index (χ2v) is 8.65. The summed E-state index contributed by atoms with van der Waals surface area (Å²) in [4.78, 5) is 45.0. The van der Waals surface area contributed by atoms with Crippen molar-refractivity contribution in [1.82, 2.24) is 0 Å². The zero-order chi connectivity index (χ0) is 28.1. The van der Waals surface area contributed by atoms with Crippen molar-refractivity contribution in [3.8, 4) is 0 Å². The van der Waals surface area contributed by atoms with Gasteiger partial charge in [-0.3, -0.25) is 14.4 Å². The lowest BCUT2D eigenvalue weighted by Gasteiger charge is -2.44. The summed E-state index contributed by atoms with van der Waals surface area (Å²) in [5.74, 6) is -7.20. The van der Waals surface area contributed by atoms with Crippen LogP contribution in [0.3, 0.4) is 0 Å². The monoisotopic (exact) mass is 508 g/mol. The highest BCUT2D eigenvalue weighted by Gasteiger charge is 2.65. The summed E-state index contributed by atoms with van der Waals surface area (Å²) in [6.45, 7) is 9.04. The number of rotatable bonds is 17. The van der Waals surface area contributed by atoms with E-state index in [1.807, 2.05) is 20.8 Å². The van der Waals surface area contributed by atoms with Crippen molar-refractivity contribution >= 4 is 23.9 Å². The highest BCUT2D eigenvalue weighted by molar-refractivity contribution is 5.93. The summed E-state index contributed by atoms with van der Waals surface area (Å²) >= 11 is 0. The van der Waals surface area contributed by atoms with Crippen LogP contribution in [0.5, 0.6) is 0 Å². The van der Waals surface area contributed by atoms with Gasteiger partial charge in [-0.2, -0.15) is 0 Å². The minimum Gasteiger partial charge on any atom is -0.481 e. The minimum atomic E-state index is -2.86. The van der Waals surface area contributed by atoms with Crippen LogP contribution in [-0.2, 0) is 19.2 Å². The van der Waals surface area contributed by atoms with Crippen LogP contribution in [0.1, 0.15) is 112 Å². The van der Waals surface area contributed by atoms with E-state index in [1.54, 1.807) is 0 Å². The molecule has 0 saturated carbocycles. The molecule has 0 bridgehead atoms. The van der Waals surface area contributed by atoms with Crippen molar-refractivity contribution in [2.45, 2.75) is 117 Å². The fourth-order valence-electron chi connectivity index (χ4n) is 3.81. The Morgan fingerprint density at radius 3 is 1.31 bits per heavy atom. The lowest BCUT2D eigenvalue weighted by atomic mass is 9.59. The van der Waals surface area contributed by atoms with E-state index in [4.69, 9.17) is 15.0 Å². The Morgan fingerprint density at radius 2 is 1.09 bits per heavy atom. The van der Waals surface area contributed by atoms with Gasteiger partial charge in [0.25, 0.3) is 5.97 Å². The molecule has 0 aromatic heterocycles. The third kappa shape index (κ3) is 13.5. The Bertz CT molecular complexity index is 589. The molecule has 2 atom stereocenters. The fourth-order valence-corrected chi connectivity index (χ4v) is 3.81. The maximum Gasteiger partial charge on any atom is 0.337 e. The van der Waals surface area contributed by atoms with Crippen LogP contribution in [-0.4, -0.2) is 66.7 Å². The highest BCUT2D eigenvalue weighted by Crippen LogP contribution is 2.47. The SMILES string of the molecule is CC(=O)O.CCCCC(C(=O)O)C(O)(C(=O)O)C(CCCC)(CCCC)C(=O)O.CCCCCO. The molecule has 0 aliphatic heterocycles. The third-order valence-electron chi connectivity index (χ3n) is 5.79. The fraction of sp³-hybridized carbons (Fsp3) is 0.840. The molecule has 0 radical (unpaired) electrons. The van der Waals surface area contributed by atoms with Gasteiger partial charge in [-0.05, 0) is 25.7 Å². The number of aliphatic hydroxyl groups is 2. The van der Waals surface area contributed by atoms with E-state index in [2.05, 4.69) is 6.92 Å². The number of hydrogen-bond donors (Lipinski definition) is 6. The summed E-state index contributed by atoms with van der Waals surface area (Å²) in [6.07, 6.45) is 6.13. The quantitative estimate of drug-likeness (QED) is 0.153. The molecular weight excluding hydrogens is 460 g/mol. The zero-order valence-corrected chi connectivity index (χ0v) is 22.1. The molecule has 35 heavy (non-hydrogen) atoms. The van der Waals surface area contributed by atoms with Crippen LogP contribution in [0.2, 0.25) is 0 Å². The molecule has 0 heterocycles. The zero-order valence-electron chi connectivity index (χ0n) is 22.1. The molecule has 6 N–H and O–H groups in total. The van der Waals surface area contributed by atoms with Gasteiger partial charge < -0.3 is 30.6 Å². The first kappa shape index (κ1) is 37.4. The van der Waals surface area contributed by atoms with Crippen LogP contribution in [0.4, 0.5) is 0 Å². The number of carbonyl (C=O) groups is 4. The van der Waals surface area contributed by atoms with Gasteiger partial charge in [-0.15, -0.1) is 0 Å². The maximum atomic E-state index is 12.2. The smallest absolute Gasteiger partial charge is 0.337 e. The molecule has 10 heteroatoms. The van der Waals surface area contributed by atoms with Crippen LogP contribution >= 0.6 is 0 Å². The summed E-state index contributed by atoms with van der Waals surface area (Å²) in [7, 11) is 0. The largest absolute Gasteiger partial charge is 0.481 e. The first-order valence-electron chi connectivity index (χ1n) is 12.5. The predicted molar refractivity (Wildman–Crippen MR) is 132 cm³/mol. The summed E-state index contributed by atoms with van der Waals surface area (Å²) in [5, 5.41) is 56.0. The Balaban J connectivity index is -0.000000854. The number of hydrogen-bond acceptors (Lipinski definition) is 6. The lowest BCUT2D eigenvalue weighted by Crippen LogP contribution is -2.64. The van der Waals surface area contributed by atoms with Crippen molar-refractivity contribution in [3.05, 3.63) is 0 Å². The van der Waals surface area contributed by atoms with E-state index >= 15 is 0 Å². The molecule has 0 amide bonds. The number of aliphatic carboxylic acids is 4. The molecule has 0 aromatic rings. The molecule has 0 spiro atoms. The normalized spacial score (nSPS) is 13.2. The van der Waals surface area contributed by atoms with Gasteiger partial charge in [-0.1, -0.05) is 79.1 Å². The molecule has 10 nitrogen and oxygen atoms in total. The Kier molecular flexibility index (Phi) is 22.5. The second-order valence-electron chi connectivity index (χ2n) is 8.65. The van der Waals surface area contributed by atoms with E-state index < -0.39 is 40.8 Å². The molecule has 0 saturated heterocycles. The van der Waals surface area contributed by atoms with Gasteiger partial charge in [-0.25, -0.2) is 4.79 Å². The summed E-state index contributed by atoms with van der Waals surface area (Å²) in [5.41, 5.74) is -4.88. The first-order valence-corrected chi connectivity index (χ1v) is 12.5. The Labute approximate surface area is 209 Å². The predicted octanol–water partition coefficient (Wildman–Crippen LogP) is 4.40. The van der Waals surface area contributed by atoms with E-state index in [1.165, 1.54) is 6.42 Å². The number of aliphatic hydroxyl groups excluding tert-OH is 1. The van der Waals surface area contributed by atoms with Gasteiger partial charge in [0, 0.05) is 13.5 Å². The van der Waals surface area contributed by atoms with E-state index in [9.17, 15) is 34.8 Å². The molecule has 0 aliphatic carbocycles. The molecule has 0 aliphatic rings. The van der Waals surface area contributed by atoms with Gasteiger partial charge in [0.1, 0.15) is 5.41 Å². The molecule has 0 aromatic carbocycles. The lowest BCUT2D eigenvalue weighted by molar-refractivity contribution is -0.207. The number of unbranched alkanes of at least 4 members (excludes halogenated alkanes) is 5. The van der Waals surface area contributed by atoms with Crippen molar-refractivity contribution in [2.24, 2.45) is 11.3 Å². The minimum absolute atomic E-state index is 0.0719. The third-order valence-corrected chi connectivity index (χ3v) is 5.79. The molecule has 2 unspecified atom stereocenters. The van der Waals surface area contributed by atoms with Crippen molar-refractivity contribution < 1.29 is 49.8 Å². The van der Waals surface area contributed by atoms with Crippen LogP contribution < -0.4 is 0 Å². The Morgan fingerprint density at radius 1 is 0.686 bits per heavy atom. The molecule has 208 valence electrons. The van der Waals surface area contributed by atoms with Gasteiger partial charge >= 0.3 is 17.9 Å². The van der Waals surface area contributed by atoms with Gasteiger partial charge in [0.05, 0.1) is 5.92 Å². The van der Waals surface area contributed by atoms with Crippen molar-refractivity contribution in [1.29, 1.82) is 0 Å². The molecular formula is C25H48O10. The Hall–Kier alpha value is -2.20. The van der Waals surface area contributed by atoms with Crippen LogP contribution in [0, 0.1) is 11.3 Å². The maximum absolute atomic E-state index is 12.2. The van der Waals surface area contributed by atoms with Gasteiger partial charge in [0.15, 0.2) is 5.60 Å². The molecule has 0 fully saturated rings. The van der Waals surface area contributed by atoms with E-state index in [0.29, 0.717) is 45.1 Å². The van der Waals surface area contributed by atoms with Crippen molar-refractivity contribution in [2.75, 3.05) is 6.61 Å². The first-order chi connectivity index (χ1) is 16.3. The standard InChI is InChI=1S/C18H32O7.C5H12O.C2H4O2/c1-4-7-10-13(14(19)20)18(25,16(23)24)17(15(21)22,11-8-5-2)12-9-6-3;1-2-3-4-5-6;1-2(3)4/h13,25H,4-12H2,1-3H3,(H,19,20)(H,21,22)(H,23,24);6H,2-5H2,1H3;1H3,(H,3,4). The van der Waals surface area contributed by atoms with E-state index in [0.717, 1.165) is 19.8 Å². The summed E-state index contributed by atoms with van der Waals surface area (Å²) in [6, 6.07) is 0. The van der Waals surface area contributed by atoms with Crippen molar-refractivity contribution in [3.63, 3.8) is 0 Å². The van der Waals surface area contributed by atoms with Crippen LogP contribution in [0.15, 0.2) is 0 Å². The topological polar surface area (TPSA) is 190 Å². The highest BCUT2D eigenvalue weighted by atomic mass is 16.4. The number of carboxylic acids is 4. The van der Waals surface area contributed by atoms with Crippen LogP contribution in [0.25, 0.3) is 0 Å². The average molecular weight is 509 g/mol. The molecule has 0 rings (SSSR count). The summed E-state index contributed by atoms with van der Waals surface area (Å²) < 4.78 is 0. The second kappa shape index (κ2) is 21.1. The number of carboxylic acid groups (broad SMARTS) is 4. The van der Waals surface area contributed by atoms with Gasteiger partial charge in [0.2, 0.25) is 0 Å². The average Bonchev–Trinajstić information content (AvgIpc) is 2.77. The van der Waals surface area contributed by atoms with E-state index in [-0.39, 0.29) is 19.3 Å².